The number of carboxylic acid groups (broad SMARTS) is 1. The molecule has 216 valence electrons. The number of fused-ring (bicyclic) bond motifs is 7. The molecule has 4 fully saturated rings. The van der Waals surface area contributed by atoms with Gasteiger partial charge in [-0.1, -0.05) is 40.2 Å². The van der Waals surface area contributed by atoms with E-state index in [0.717, 1.165) is 37.7 Å². The molecule has 2 N–H and O–H groups in total. The van der Waals surface area contributed by atoms with E-state index in [-0.39, 0.29) is 42.0 Å². The summed E-state index contributed by atoms with van der Waals surface area (Å²) in [4.78, 5) is 39.5. The van der Waals surface area contributed by atoms with Gasteiger partial charge in [-0.05, 0) is 92.4 Å². The third-order valence-electron chi connectivity index (χ3n) is 12.0. The molecule has 11 atom stereocenters. The first kappa shape index (κ1) is 29.8. The zero-order valence-corrected chi connectivity index (χ0v) is 24.5. The Morgan fingerprint density at radius 3 is 2.38 bits per heavy atom. The van der Waals surface area contributed by atoms with E-state index in [1.807, 2.05) is 20.8 Å². The van der Waals surface area contributed by atoms with Gasteiger partial charge in [-0.15, -0.1) is 0 Å². The lowest BCUT2D eigenvalue weighted by molar-refractivity contribution is -0.192. The maximum Gasteiger partial charge on any atom is 0.310 e. The van der Waals surface area contributed by atoms with Gasteiger partial charge < -0.3 is 14.9 Å². The highest BCUT2D eigenvalue weighted by Gasteiger charge is 2.68. The molecule has 5 aliphatic carbocycles. The molecule has 0 amide bonds. The van der Waals surface area contributed by atoms with Crippen molar-refractivity contribution >= 4 is 17.7 Å². The number of aliphatic carboxylic acids is 1. The lowest BCUT2D eigenvalue weighted by atomic mass is 9.37. The molecule has 0 aromatic heterocycles. The predicted octanol–water partition coefficient (Wildman–Crippen LogP) is 5.42. The molecule has 0 aliphatic heterocycles. The van der Waals surface area contributed by atoms with Crippen molar-refractivity contribution in [2.24, 2.45) is 63.6 Å². The molecule has 0 heterocycles. The molecule has 0 bridgehead atoms. The first-order valence-electron chi connectivity index (χ1n) is 15.1. The molecule has 11 unspecified atom stereocenters. The number of carboxylic acids is 1. The third kappa shape index (κ3) is 4.11. The number of esters is 1. The number of rotatable bonds is 3. The summed E-state index contributed by atoms with van der Waals surface area (Å²) in [5, 5.41) is 31.5. The highest BCUT2D eigenvalue weighted by atomic mass is 16.5. The highest BCUT2D eigenvalue weighted by Crippen LogP contribution is 2.70. The van der Waals surface area contributed by atoms with Gasteiger partial charge in [0.1, 0.15) is 0 Å². The summed E-state index contributed by atoms with van der Waals surface area (Å²) >= 11 is 0. The largest absolute Gasteiger partial charge is 0.481 e. The van der Waals surface area contributed by atoms with E-state index >= 15 is 0 Å². The molecule has 0 spiro atoms. The summed E-state index contributed by atoms with van der Waals surface area (Å²) < 4.78 is 5.07. The summed E-state index contributed by atoms with van der Waals surface area (Å²) in [7, 11) is 1.35. The number of allylic oxidation sites excluding steroid dienone is 2. The van der Waals surface area contributed by atoms with Crippen LogP contribution in [0.1, 0.15) is 86.0 Å². The number of hydrogen-bond acceptors (Lipinski definition) is 6. The van der Waals surface area contributed by atoms with Crippen LogP contribution < -0.4 is 0 Å². The van der Waals surface area contributed by atoms with Crippen molar-refractivity contribution in [1.29, 1.82) is 5.26 Å². The minimum absolute atomic E-state index is 0.0210. The number of nitriles is 1. The zero-order chi connectivity index (χ0) is 28.9. The topological polar surface area (TPSA) is 125 Å². The van der Waals surface area contributed by atoms with E-state index in [9.17, 15) is 29.9 Å². The monoisotopic (exact) mass is 541 g/mol. The molecule has 5 rings (SSSR count). The van der Waals surface area contributed by atoms with Gasteiger partial charge in [0.15, 0.2) is 5.78 Å². The van der Waals surface area contributed by atoms with Gasteiger partial charge in [0.2, 0.25) is 0 Å². The summed E-state index contributed by atoms with van der Waals surface area (Å²) in [5.41, 5.74) is -0.951. The standard InChI is InChI=1S/C30H41NO6.C2H6/c1-16-5-9-29(27(35)36)10-7-21-19(22(29)11-16)12-23(33)25-28(21,3)8-6-20-17(2)24(26(34)37-4)18(14-31)13-30(20,25)15-32;1-2/h12,16-18,20-22,24-25,32H,5-11,13,15H2,1-4H3,(H,35,36);1-2H3. The number of ether oxygens (including phenoxy) is 1. The zero-order valence-electron chi connectivity index (χ0n) is 24.5. The Morgan fingerprint density at radius 2 is 1.79 bits per heavy atom. The summed E-state index contributed by atoms with van der Waals surface area (Å²) in [6.45, 7) is 10.1. The molecule has 0 aromatic rings. The van der Waals surface area contributed by atoms with Gasteiger partial charge >= 0.3 is 11.9 Å². The van der Waals surface area contributed by atoms with E-state index < -0.39 is 40.0 Å². The SMILES string of the molecule is CC.COC(=O)C1C(C#N)CC2(CO)C(CCC3(C)C4CCC5(C(=O)O)CCC(C)CC5C4=CC(=O)C32)C1C. The number of methoxy groups -OCH3 is 1. The molecule has 0 aromatic carbocycles. The van der Waals surface area contributed by atoms with Crippen molar-refractivity contribution in [3.05, 3.63) is 11.6 Å². The van der Waals surface area contributed by atoms with Crippen molar-refractivity contribution in [3.63, 3.8) is 0 Å². The van der Waals surface area contributed by atoms with Crippen molar-refractivity contribution in [2.45, 2.75) is 86.0 Å². The summed E-state index contributed by atoms with van der Waals surface area (Å²) in [6, 6.07) is 2.33. The number of hydrogen-bond donors (Lipinski definition) is 2. The first-order chi connectivity index (χ1) is 18.5. The number of carbonyl (C=O) groups excluding carboxylic acids is 2. The Bertz CT molecular complexity index is 1080. The van der Waals surface area contributed by atoms with Crippen LogP contribution in [-0.2, 0) is 19.1 Å². The fourth-order valence-electron chi connectivity index (χ4n) is 10.4. The van der Waals surface area contributed by atoms with Crippen LogP contribution in [0.15, 0.2) is 11.6 Å². The van der Waals surface area contributed by atoms with Gasteiger partial charge in [0, 0.05) is 17.9 Å². The Hall–Kier alpha value is -2.20. The fourth-order valence-corrected chi connectivity index (χ4v) is 10.4. The predicted molar refractivity (Wildman–Crippen MR) is 146 cm³/mol. The Kier molecular flexibility index (Phi) is 8.13. The van der Waals surface area contributed by atoms with E-state index in [0.29, 0.717) is 25.2 Å². The highest BCUT2D eigenvalue weighted by molar-refractivity contribution is 5.95. The Labute approximate surface area is 233 Å². The van der Waals surface area contributed by atoms with Crippen LogP contribution in [0.2, 0.25) is 0 Å². The van der Waals surface area contributed by atoms with Crippen LogP contribution in [0.4, 0.5) is 0 Å². The van der Waals surface area contributed by atoms with Crippen LogP contribution in [0, 0.1) is 74.9 Å². The van der Waals surface area contributed by atoms with E-state index in [1.165, 1.54) is 7.11 Å². The molecule has 0 saturated heterocycles. The van der Waals surface area contributed by atoms with Gasteiger partial charge in [-0.3, -0.25) is 14.4 Å². The molecule has 7 nitrogen and oxygen atoms in total. The average molecular weight is 542 g/mol. The van der Waals surface area contributed by atoms with Crippen molar-refractivity contribution in [2.75, 3.05) is 13.7 Å². The van der Waals surface area contributed by atoms with Crippen LogP contribution >= 0.6 is 0 Å². The molecule has 0 radical (unpaired) electrons. The summed E-state index contributed by atoms with van der Waals surface area (Å²) in [6.07, 6.45) is 7.34. The van der Waals surface area contributed by atoms with Gasteiger partial charge in [0.05, 0.1) is 30.4 Å². The van der Waals surface area contributed by atoms with Crippen LogP contribution in [-0.4, -0.2) is 41.7 Å². The second-order valence-electron chi connectivity index (χ2n) is 13.4. The molecule has 7 heteroatoms. The fraction of sp³-hybridized carbons (Fsp3) is 0.812. The number of ketones is 1. The van der Waals surface area contributed by atoms with Crippen molar-refractivity contribution < 1.29 is 29.3 Å². The lowest BCUT2D eigenvalue weighted by Gasteiger charge is -2.66. The smallest absolute Gasteiger partial charge is 0.310 e. The number of carbonyl (C=O) groups is 3. The average Bonchev–Trinajstić information content (AvgIpc) is 2.92. The normalized spacial score (nSPS) is 46.4. The van der Waals surface area contributed by atoms with Gasteiger partial charge in [-0.2, -0.15) is 5.26 Å². The quantitative estimate of drug-likeness (QED) is 0.457. The minimum Gasteiger partial charge on any atom is -0.481 e. The van der Waals surface area contributed by atoms with E-state index in [4.69, 9.17) is 4.74 Å². The van der Waals surface area contributed by atoms with Crippen LogP contribution in [0.3, 0.4) is 0 Å². The number of aliphatic hydroxyl groups is 1. The van der Waals surface area contributed by atoms with E-state index in [1.54, 1.807) is 6.08 Å². The van der Waals surface area contributed by atoms with Crippen LogP contribution in [0.5, 0.6) is 0 Å². The molecular formula is C32H47NO6. The van der Waals surface area contributed by atoms with Gasteiger partial charge in [-0.25, -0.2) is 0 Å². The van der Waals surface area contributed by atoms with E-state index in [2.05, 4.69) is 19.9 Å². The molecular weight excluding hydrogens is 494 g/mol. The van der Waals surface area contributed by atoms with Crippen LogP contribution in [0.25, 0.3) is 0 Å². The second kappa shape index (κ2) is 10.7. The minimum atomic E-state index is -0.789. The number of aliphatic hydroxyl groups excluding tert-OH is 1. The lowest BCUT2D eigenvalue weighted by Crippen LogP contribution is -2.65. The summed E-state index contributed by atoms with van der Waals surface area (Å²) in [5.74, 6) is -2.66. The molecule has 5 aliphatic rings. The third-order valence-corrected chi connectivity index (χ3v) is 12.0. The van der Waals surface area contributed by atoms with Crippen molar-refractivity contribution in [3.8, 4) is 6.07 Å². The second-order valence-corrected chi connectivity index (χ2v) is 13.4. The first-order valence-corrected chi connectivity index (χ1v) is 15.1. The Morgan fingerprint density at radius 1 is 1.13 bits per heavy atom. The number of nitrogens with zero attached hydrogens (tertiary/aromatic N) is 1. The maximum absolute atomic E-state index is 14.2. The maximum atomic E-state index is 14.2. The van der Waals surface area contributed by atoms with Gasteiger partial charge in [0.25, 0.3) is 0 Å². The molecule has 39 heavy (non-hydrogen) atoms. The Balaban J connectivity index is 0.00000172. The van der Waals surface area contributed by atoms with Crippen molar-refractivity contribution in [1.82, 2.24) is 0 Å². The molecule has 4 saturated carbocycles.